The predicted octanol–water partition coefficient (Wildman–Crippen LogP) is 3.25. The van der Waals surface area contributed by atoms with E-state index in [0.717, 1.165) is 28.6 Å². The Balaban J connectivity index is 2.68. The monoisotopic (exact) mass is 228 g/mol. The smallest absolute Gasteiger partial charge is 0.121 e. The van der Waals surface area contributed by atoms with Gasteiger partial charge >= 0.3 is 0 Å². The SMILES string of the molecule is CC/C=C/c1ccnc2c(N)cc(OC)cc12. The zero-order chi connectivity index (χ0) is 12.3. The number of anilines is 1. The molecule has 0 saturated heterocycles. The quantitative estimate of drug-likeness (QED) is 0.820. The first-order valence-electron chi connectivity index (χ1n) is 5.65. The molecule has 1 aromatic carbocycles. The summed E-state index contributed by atoms with van der Waals surface area (Å²) in [5.41, 5.74) is 8.54. The van der Waals surface area contributed by atoms with Crippen LogP contribution in [0.1, 0.15) is 18.9 Å². The van der Waals surface area contributed by atoms with E-state index in [2.05, 4.69) is 24.1 Å². The molecule has 0 fully saturated rings. The minimum absolute atomic E-state index is 0.645. The molecule has 2 N–H and O–H groups in total. The Kier molecular flexibility index (Phi) is 3.28. The Hall–Kier alpha value is -2.03. The van der Waals surface area contributed by atoms with Crippen LogP contribution in [0.3, 0.4) is 0 Å². The summed E-state index contributed by atoms with van der Waals surface area (Å²) in [7, 11) is 1.64. The van der Waals surface area contributed by atoms with Crippen molar-refractivity contribution in [1.29, 1.82) is 0 Å². The zero-order valence-electron chi connectivity index (χ0n) is 10.1. The number of ether oxygens (including phenoxy) is 1. The minimum atomic E-state index is 0.645. The van der Waals surface area contributed by atoms with Gasteiger partial charge in [-0.2, -0.15) is 0 Å². The largest absolute Gasteiger partial charge is 0.497 e. The van der Waals surface area contributed by atoms with Crippen LogP contribution in [-0.2, 0) is 0 Å². The Labute approximate surface area is 101 Å². The van der Waals surface area contributed by atoms with E-state index in [9.17, 15) is 0 Å². The number of benzene rings is 1. The van der Waals surface area contributed by atoms with Crippen LogP contribution in [0.25, 0.3) is 17.0 Å². The predicted molar refractivity (Wildman–Crippen MR) is 72.0 cm³/mol. The van der Waals surface area contributed by atoms with Gasteiger partial charge in [-0.15, -0.1) is 0 Å². The number of nitrogens with zero attached hydrogens (tertiary/aromatic N) is 1. The van der Waals surface area contributed by atoms with Gasteiger partial charge in [-0.05, 0) is 24.1 Å². The molecule has 1 heterocycles. The maximum Gasteiger partial charge on any atom is 0.121 e. The molecule has 0 amide bonds. The summed E-state index contributed by atoms with van der Waals surface area (Å²) in [4.78, 5) is 4.31. The molecule has 2 aromatic rings. The Bertz CT molecular complexity index is 561. The van der Waals surface area contributed by atoms with Gasteiger partial charge in [0.15, 0.2) is 0 Å². The Morgan fingerprint density at radius 1 is 1.41 bits per heavy atom. The van der Waals surface area contributed by atoms with Crippen molar-refractivity contribution in [2.24, 2.45) is 0 Å². The highest BCUT2D eigenvalue weighted by molar-refractivity contribution is 5.96. The van der Waals surface area contributed by atoms with Crippen molar-refractivity contribution in [1.82, 2.24) is 4.98 Å². The fourth-order valence-electron chi connectivity index (χ4n) is 1.78. The summed E-state index contributed by atoms with van der Waals surface area (Å²) in [6, 6.07) is 5.74. The topological polar surface area (TPSA) is 48.1 Å². The van der Waals surface area contributed by atoms with E-state index in [1.807, 2.05) is 12.1 Å². The van der Waals surface area contributed by atoms with Gasteiger partial charge in [-0.1, -0.05) is 19.1 Å². The van der Waals surface area contributed by atoms with E-state index in [1.54, 1.807) is 19.4 Å². The van der Waals surface area contributed by atoms with E-state index in [1.165, 1.54) is 0 Å². The number of pyridine rings is 1. The highest BCUT2D eigenvalue weighted by atomic mass is 16.5. The van der Waals surface area contributed by atoms with E-state index in [0.29, 0.717) is 5.69 Å². The third kappa shape index (κ3) is 2.23. The van der Waals surface area contributed by atoms with Crippen LogP contribution in [0.5, 0.6) is 5.75 Å². The molecular weight excluding hydrogens is 212 g/mol. The molecule has 88 valence electrons. The number of allylic oxidation sites excluding steroid dienone is 1. The maximum atomic E-state index is 5.96. The first kappa shape index (κ1) is 11.5. The van der Waals surface area contributed by atoms with Crippen molar-refractivity contribution in [3.63, 3.8) is 0 Å². The van der Waals surface area contributed by atoms with Crippen LogP contribution < -0.4 is 10.5 Å². The summed E-state index contributed by atoms with van der Waals surface area (Å²) >= 11 is 0. The second-order valence-electron chi connectivity index (χ2n) is 3.82. The number of methoxy groups -OCH3 is 1. The lowest BCUT2D eigenvalue weighted by atomic mass is 10.1. The van der Waals surface area contributed by atoms with E-state index in [4.69, 9.17) is 10.5 Å². The number of nitrogen functional groups attached to an aromatic ring is 1. The molecule has 0 atom stereocenters. The highest BCUT2D eigenvalue weighted by Gasteiger charge is 2.05. The molecule has 3 nitrogen and oxygen atoms in total. The summed E-state index contributed by atoms with van der Waals surface area (Å²) in [6.07, 6.45) is 6.98. The van der Waals surface area contributed by atoms with E-state index < -0.39 is 0 Å². The lowest BCUT2D eigenvalue weighted by molar-refractivity contribution is 0.415. The highest BCUT2D eigenvalue weighted by Crippen LogP contribution is 2.28. The molecular formula is C14H16N2O. The van der Waals surface area contributed by atoms with E-state index in [-0.39, 0.29) is 0 Å². The molecule has 17 heavy (non-hydrogen) atoms. The number of hydrogen-bond acceptors (Lipinski definition) is 3. The van der Waals surface area contributed by atoms with Crippen molar-refractivity contribution in [2.75, 3.05) is 12.8 Å². The molecule has 0 unspecified atom stereocenters. The average Bonchev–Trinajstić information content (AvgIpc) is 2.36. The first-order valence-corrected chi connectivity index (χ1v) is 5.65. The van der Waals surface area contributed by atoms with Gasteiger partial charge in [-0.3, -0.25) is 4.98 Å². The van der Waals surface area contributed by atoms with Crippen molar-refractivity contribution < 1.29 is 4.74 Å². The lowest BCUT2D eigenvalue weighted by Gasteiger charge is -2.07. The fourth-order valence-corrected chi connectivity index (χ4v) is 1.78. The first-order chi connectivity index (χ1) is 8.26. The minimum Gasteiger partial charge on any atom is -0.497 e. The van der Waals surface area contributed by atoms with Gasteiger partial charge in [0.05, 0.1) is 18.3 Å². The zero-order valence-corrected chi connectivity index (χ0v) is 10.1. The molecule has 3 heteroatoms. The van der Waals surface area contributed by atoms with Crippen molar-refractivity contribution in [3.05, 3.63) is 36.0 Å². The van der Waals surface area contributed by atoms with Gasteiger partial charge < -0.3 is 10.5 Å². The van der Waals surface area contributed by atoms with Crippen LogP contribution in [0.2, 0.25) is 0 Å². The number of hydrogen-bond donors (Lipinski definition) is 1. The molecule has 0 bridgehead atoms. The number of nitrogens with two attached hydrogens (primary N) is 1. The average molecular weight is 228 g/mol. The fraction of sp³-hybridized carbons (Fsp3) is 0.214. The van der Waals surface area contributed by atoms with Crippen molar-refractivity contribution >= 4 is 22.7 Å². The summed E-state index contributed by atoms with van der Waals surface area (Å²) < 4.78 is 5.23. The molecule has 0 spiro atoms. The Morgan fingerprint density at radius 2 is 2.24 bits per heavy atom. The van der Waals surface area contributed by atoms with Gasteiger partial charge in [-0.25, -0.2) is 0 Å². The van der Waals surface area contributed by atoms with Crippen LogP contribution in [-0.4, -0.2) is 12.1 Å². The molecule has 0 radical (unpaired) electrons. The van der Waals surface area contributed by atoms with Gasteiger partial charge in [0, 0.05) is 17.6 Å². The van der Waals surface area contributed by atoms with Crippen LogP contribution in [0.15, 0.2) is 30.5 Å². The van der Waals surface area contributed by atoms with Crippen LogP contribution in [0.4, 0.5) is 5.69 Å². The molecule has 2 rings (SSSR count). The molecule has 0 aliphatic carbocycles. The van der Waals surface area contributed by atoms with Crippen molar-refractivity contribution in [3.8, 4) is 5.75 Å². The number of rotatable bonds is 3. The number of aromatic nitrogens is 1. The van der Waals surface area contributed by atoms with Gasteiger partial charge in [0.25, 0.3) is 0 Å². The molecule has 1 aromatic heterocycles. The standard InChI is InChI=1S/C14H16N2O/c1-3-4-5-10-6-7-16-14-12(10)8-11(17-2)9-13(14)15/h4-9H,3,15H2,1-2H3/b5-4+. The second kappa shape index (κ2) is 4.87. The third-order valence-corrected chi connectivity index (χ3v) is 2.65. The summed E-state index contributed by atoms with van der Waals surface area (Å²) in [5, 5.41) is 1.02. The molecule has 0 aliphatic rings. The third-order valence-electron chi connectivity index (χ3n) is 2.65. The van der Waals surface area contributed by atoms with Crippen LogP contribution >= 0.6 is 0 Å². The number of fused-ring (bicyclic) bond motifs is 1. The maximum absolute atomic E-state index is 5.96. The Morgan fingerprint density at radius 3 is 2.94 bits per heavy atom. The van der Waals surface area contributed by atoms with Gasteiger partial charge in [0.2, 0.25) is 0 Å². The van der Waals surface area contributed by atoms with Crippen molar-refractivity contribution in [2.45, 2.75) is 13.3 Å². The summed E-state index contributed by atoms with van der Waals surface area (Å²) in [6.45, 7) is 2.11. The second-order valence-corrected chi connectivity index (χ2v) is 3.82. The van der Waals surface area contributed by atoms with Gasteiger partial charge in [0.1, 0.15) is 5.75 Å². The molecule has 0 aliphatic heterocycles. The van der Waals surface area contributed by atoms with Crippen LogP contribution in [0, 0.1) is 0 Å². The summed E-state index contributed by atoms with van der Waals surface area (Å²) in [5.74, 6) is 0.758. The van der Waals surface area contributed by atoms with E-state index >= 15 is 0 Å². The normalized spacial score (nSPS) is 11.2. The molecule has 0 saturated carbocycles. The lowest BCUT2D eigenvalue weighted by Crippen LogP contribution is -1.93.